The van der Waals surface area contributed by atoms with Crippen LogP contribution < -0.4 is 4.90 Å². The molecule has 1 aromatic rings. The van der Waals surface area contributed by atoms with E-state index in [0.717, 1.165) is 32.4 Å². The van der Waals surface area contributed by atoms with Crippen LogP contribution in [-0.2, 0) is 0 Å². The number of rotatable bonds is 1. The fraction of sp³-hybridized carbons (Fsp3) is 0.571. The summed E-state index contributed by atoms with van der Waals surface area (Å²) >= 11 is 0. The molecule has 2 fully saturated rings. The Morgan fingerprint density at radius 1 is 0.900 bits per heavy atom. The molecule has 2 aliphatic heterocycles. The summed E-state index contributed by atoms with van der Waals surface area (Å²) in [6.07, 6.45) is 2.74. The van der Waals surface area contributed by atoms with E-state index in [1.807, 2.05) is 0 Å². The molecule has 1 aromatic carbocycles. The topological polar surface area (TPSA) is 6.48 Å². The Kier molecular flexibility index (Phi) is 3.58. The van der Waals surface area contributed by atoms with E-state index >= 15 is 0 Å². The van der Waals surface area contributed by atoms with E-state index in [2.05, 4.69) is 4.90 Å². The highest BCUT2D eigenvalue weighted by Crippen LogP contribution is 2.31. The van der Waals surface area contributed by atoms with Crippen LogP contribution in [0.4, 0.5) is 23.2 Å². The fourth-order valence-corrected chi connectivity index (χ4v) is 3.25. The van der Waals surface area contributed by atoms with Gasteiger partial charge in [-0.05, 0) is 25.8 Å². The Balaban J connectivity index is 1.96. The number of halogens is 4. The summed E-state index contributed by atoms with van der Waals surface area (Å²) in [5, 5.41) is 0. The van der Waals surface area contributed by atoms with Gasteiger partial charge in [0.2, 0.25) is 0 Å². The van der Waals surface area contributed by atoms with Crippen LogP contribution >= 0.6 is 0 Å². The van der Waals surface area contributed by atoms with Crippen LogP contribution in [0.25, 0.3) is 0 Å². The molecule has 6 heteroatoms. The SMILES string of the molecule is Fc1cc(F)c(F)c(N2CCCN3CCCC3C2)c1F. The van der Waals surface area contributed by atoms with Gasteiger partial charge >= 0.3 is 0 Å². The average molecular weight is 288 g/mol. The van der Waals surface area contributed by atoms with Gasteiger partial charge in [0.05, 0.1) is 0 Å². The summed E-state index contributed by atoms with van der Waals surface area (Å²) in [6, 6.07) is 0.469. The van der Waals surface area contributed by atoms with Crippen molar-refractivity contribution in [2.75, 3.05) is 31.1 Å². The van der Waals surface area contributed by atoms with Gasteiger partial charge in [0, 0.05) is 31.7 Å². The van der Waals surface area contributed by atoms with Crippen molar-refractivity contribution >= 4 is 5.69 Å². The van der Waals surface area contributed by atoms with Crippen LogP contribution in [0.15, 0.2) is 6.07 Å². The van der Waals surface area contributed by atoms with E-state index < -0.39 is 29.0 Å². The third kappa shape index (κ3) is 2.26. The second-order valence-corrected chi connectivity index (χ2v) is 5.45. The zero-order valence-electron chi connectivity index (χ0n) is 11.0. The number of nitrogens with zero attached hydrogens (tertiary/aromatic N) is 2. The van der Waals surface area contributed by atoms with Crippen molar-refractivity contribution in [1.82, 2.24) is 4.90 Å². The van der Waals surface area contributed by atoms with Gasteiger partial charge in [-0.25, -0.2) is 17.6 Å². The highest BCUT2D eigenvalue weighted by Gasteiger charge is 2.32. The van der Waals surface area contributed by atoms with Crippen LogP contribution in [0.2, 0.25) is 0 Å². The van der Waals surface area contributed by atoms with Gasteiger partial charge in [-0.1, -0.05) is 0 Å². The molecule has 0 spiro atoms. The molecule has 110 valence electrons. The van der Waals surface area contributed by atoms with E-state index in [1.54, 1.807) is 0 Å². The van der Waals surface area contributed by atoms with Gasteiger partial charge in [-0.2, -0.15) is 0 Å². The van der Waals surface area contributed by atoms with E-state index in [0.29, 0.717) is 13.1 Å². The Hall–Kier alpha value is -1.30. The smallest absolute Gasteiger partial charge is 0.185 e. The second-order valence-electron chi connectivity index (χ2n) is 5.45. The van der Waals surface area contributed by atoms with Crippen LogP contribution in [0.3, 0.4) is 0 Å². The molecule has 0 amide bonds. The number of anilines is 1. The molecule has 1 atom stereocenters. The van der Waals surface area contributed by atoms with Crippen LogP contribution in [-0.4, -0.2) is 37.1 Å². The lowest BCUT2D eigenvalue weighted by molar-refractivity contribution is 0.273. The molecule has 0 aliphatic carbocycles. The van der Waals surface area contributed by atoms with Gasteiger partial charge in [0.15, 0.2) is 23.3 Å². The Morgan fingerprint density at radius 2 is 1.55 bits per heavy atom. The van der Waals surface area contributed by atoms with E-state index in [1.165, 1.54) is 4.90 Å². The molecule has 2 heterocycles. The van der Waals surface area contributed by atoms with Gasteiger partial charge in [0.1, 0.15) is 5.69 Å². The third-order valence-electron chi connectivity index (χ3n) is 4.21. The number of hydrogen-bond donors (Lipinski definition) is 0. The molecule has 0 bridgehead atoms. The summed E-state index contributed by atoms with van der Waals surface area (Å²) in [7, 11) is 0. The largest absolute Gasteiger partial charge is 0.365 e. The van der Waals surface area contributed by atoms with Crippen molar-refractivity contribution in [3.63, 3.8) is 0 Å². The predicted molar refractivity (Wildman–Crippen MR) is 67.7 cm³/mol. The maximum absolute atomic E-state index is 13.9. The number of benzene rings is 1. The molecular weight excluding hydrogens is 272 g/mol. The molecular formula is C14H16F4N2. The lowest BCUT2D eigenvalue weighted by Gasteiger charge is -2.28. The molecule has 2 aliphatic rings. The highest BCUT2D eigenvalue weighted by molar-refractivity contribution is 5.50. The van der Waals surface area contributed by atoms with Crippen molar-refractivity contribution in [3.05, 3.63) is 29.3 Å². The number of fused-ring (bicyclic) bond motifs is 1. The molecule has 3 rings (SSSR count). The standard InChI is InChI=1S/C14H16F4N2/c15-10-7-11(16)13(18)14(12(10)17)20-6-2-5-19-4-1-3-9(19)8-20/h7,9H,1-6,8H2. The molecule has 2 saturated heterocycles. The number of hydrogen-bond acceptors (Lipinski definition) is 2. The first-order chi connectivity index (χ1) is 9.58. The zero-order chi connectivity index (χ0) is 14.3. The maximum Gasteiger partial charge on any atom is 0.185 e. The van der Waals surface area contributed by atoms with Crippen molar-refractivity contribution in [3.8, 4) is 0 Å². The molecule has 0 aromatic heterocycles. The minimum absolute atomic E-state index is 0.211. The van der Waals surface area contributed by atoms with Crippen molar-refractivity contribution < 1.29 is 17.6 Å². The lowest BCUT2D eigenvalue weighted by atomic mass is 10.2. The van der Waals surface area contributed by atoms with Gasteiger partial charge in [-0.3, -0.25) is 4.90 Å². The predicted octanol–water partition coefficient (Wildman–Crippen LogP) is 2.92. The van der Waals surface area contributed by atoms with E-state index in [-0.39, 0.29) is 12.1 Å². The van der Waals surface area contributed by atoms with E-state index in [9.17, 15) is 17.6 Å². The second kappa shape index (κ2) is 5.24. The van der Waals surface area contributed by atoms with Crippen molar-refractivity contribution in [2.45, 2.75) is 25.3 Å². The molecule has 0 N–H and O–H groups in total. The van der Waals surface area contributed by atoms with Gasteiger partial charge in [-0.15, -0.1) is 0 Å². The molecule has 2 nitrogen and oxygen atoms in total. The zero-order valence-corrected chi connectivity index (χ0v) is 11.0. The average Bonchev–Trinajstić information content (AvgIpc) is 2.75. The normalized spacial score (nSPS) is 23.8. The molecule has 1 unspecified atom stereocenters. The first-order valence-electron chi connectivity index (χ1n) is 6.90. The maximum atomic E-state index is 13.9. The minimum Gasteiger partial charge on any atom is -0.365 e. The fourth-order valence-electron chi connectivity index (χ4n) is 3.25. The summed E-state index contributed by atoms with van der Waals surface area (Å²) in [5.74, 6) is -5.27. The lowest BCUT2D eigenvalue weighted by Crippen LogP contribution is -2.37. The highest BCUT2D eigenvalue weighted by atomic mass is 19.2. The molecule has 20 heavy (non-hydrogen) atoms. The quantitative estimate of drug-likeness (QED) is 0.579. The van der Waals surface area contributed by atoms with Crippen molar-refractivity contribution in [1.29, 1.82) is 0 Å². The summed E-state index contributed by atoms with van der Waals surface area (Å²) < 4.78 is 54.4. The van der Waals surface area contributed by atoms with E-state index in [4.69, 9.17) is 0 Å². The summed E-state index contributed by atoms with van der Waals surface area (Å²) in [4.78, 5) is 3.73. The van der Waals surface area contributed by atoms with Crippen molar-refractivity contribution in [2.24, 2.45) is 0 Å². The van der Waals surface area contributed by atoms with Crippen LogP contribution in [0, 0.1) is 23.3 Å². The summed E-state index contributed by atoms with van der Waals surface area (Å²) in [5.41, 5.74) is -0.559. The van der Waals surface area contributed by atoms with Crippen LogP contribution in [0.5, 0.6) is 0 Å². The minimum atomic E-state index is -1.34. The Labute approximate surface area is 115 Å². The van der Waals surface area contributed by atoms with Gasteiger partial charge < -0.3 is 4.90 Å². The molecule has 0 radical (unpaired) electrons. The summed E-state index contributed by atoms with van der Waals surface area (Å²) in [6.45, 7) is 2.67. The Bertz CT molecular complexity index is 494. The molecule has 0 saturated carbocycles. The monoisotopic (exact) mass is 288 g/mol. The first-order valence-corrected chi connectivity index (χ1v) is 6.90. The third-order valence-corrected chi connectivity index (χ3v) is 4.21. The van der Waals surface area contributed by atoms with Crippen LogP contribution in [0.1, 0.15) is 19.3 Å². The Morgan fingerprint density at radius 3 is 2.25 bits per heavy atom. The van der Waals surface area contributed by atoms with Gasteiger partial charge in [0.25, 0.3) is 0 Å². The first kappa shape index (κ1) is 13.7.